The summed E-state index contributed by atoms with van der Waals surface area (Å²) in [5, 5.41) is 0. The summed E-state index contributed by atoms with van der Waals surface area (Å²) in [4.78, 5) is 15.0. The normalized spacial score (nSPS) is 10.5. The molecule has 1 heterocycles. The fraction of sp³-hybridized carbons (Fsp3) is 0.214. The van der Waals surface area contributed by atoms with Gasteiger partial charge in [0.15, 0.2) is 0 Å². The summed E-state index contributed by atoms with van der Waals surface area (Å²) >= 11 is 13.1. The fourth-order valence-corrected chi connectivity index (χ4v) is 3.06. The standard InChI is InChI=1S/C14H13Cl2NOS/c1-17(9-12-5-6-13(16)19-12)14(18)11-4-2-3-10(7-11)8-15/h2-7H,8-9H2,1H3. The molecule has 19 heavy (non-hydrogen) atoms. The van der Waals surface area contributed by atoms with Crippen molar-refractivity contribution in [3.05, 3.63) is 56.7 Å². The Hall–Kier alpha value is -1.03. The summed E-state index contributed by atoms with van der Waals surface area (Å²) < 4.78 is 0.736. The minimum absolute atomic E-state index is 0.0171. The minimum Gasteiger partial charge on any atom is -0.337 e. The predicted molar refractivity (Wildman–Crippen MR) is 81.1 cm³/mol. The summed E-state index contributed by atoms with van der Waals surface area (Å²) in [6.45, 7) is 0.557. The van der Waals surface area contributed by atoms with Crippen LogP contribution in [-0.2, 0) is 12.4 Å². The molecule has 0 fully saturated rings. The van der Waals surface area contributed by atoms with Crippen molar-refractivity contribution < 1.29 is 4.79 Å². The van der Waals surface area contributed by atoms with Crippen LogP contribution in [-0.4, -0.2) is 17.9 Å². The Kier molecular flexibility index (Phi) is 4.86. The monoisotopic (exact) mass is 313 g/mol. The van der Waals surface area contributed by atoms with Crippen LogP contribution >= 0.6 is 34.5 Å². The van der Waals surface area contributed by atoms with E-state index in [4.69, 9.17) is 23.2 Å². The van der Waals surface area contributed by atoms with Crippen molar-refractivity contribution in [2.45, 2.75) is 12.4 Å². The number of thiophene rings is 1. The van der Waals surface area contributed by atoms with E-state index in [1.165, 1.54) is 11.3 Å². The number of hydrogen-bond donors (Lipinski definition) is 0. The molecular formula is C14H13Cl2NOS. The Morgan fingerprint density at radius 1 is 1.32 bits per heavy atom. The van der Waals surface area contributed by atoms with Gasteiger partial charge < -0.3 is 4.90 Å². The van der Waals surface area contributed by atoms with Crippen LogP contribution in [0.5, 0.6) is 0 Å². The van der Waals surface area contributed by atoms with E-state index in [1.807, 2.05) is 30.3 Å². The van der Waals surface area contributed by atoms with Gasteiger partial charge in [0.2, 0.25) is 0 Å². The van der Waals surface area contributed by atoms with Crippen molar-refractivity contribution in [1.29, 1.82) is 0 Å². The van der Waals surface area contributed by atoms with E-state index in [1.54, 1.807) is 18.0 Å². The Balaban J connectivity index is 2.09. The second-order valence-corrected chi connectivity index (χ2v) is 6.27. The first-order chi connectivity index (χ1) is 9.10. The van der Waals surface area contributed by atoms with Gasteiger partial charge >= 0.3 is 0 Å². The van der Waals surface area contributed by atoms with Crippen molar-refractivity contribution in [2.75, 3.05) is 7.05 Å². The van der Waals surface area contributed by atoms with Crippen LogP contribution in [0.4, 0.5) is 0 Å². The summed E-state index contributed by atoms with van der Waals surface area (Å²) in [5.41, 5.74) is 1.60. The second kappa shape index (κ2) is 6.42. The lowest BCUT2D eigenvalue weighted by Gasteiger charge is -2.16. The topological polar surface area (TPSA) is 20.3 Å². The maximum Gasteiger partial charge on any atom is 0.253 e. The molecule has 0 atom stereocenters. The van der Waals surface area contributed by atoms with Crippen molar-refractivity contribution >= 4 is 40.4 Å². The number of halogens is 2. The van der Waals surface area contributed by atoms with Gasteiger partial charge in [-0.05, 0) is 29.8 Å². The van der Waals surface area contributed by atoms with Gasteiger partial charge in [-0.15, -0.1) is 22.9 Å². The maximum absolute atomic E-state index is 12.3. The molecule has 0 bridgehead atoms. The summed E-state index contributed by atoms with van der Waals surface area (Å²) in [7, 11) is 1.78. The van der Waals surface area contributed by atoms with Gasteiger partial charge in [0, 0.05) is 23.4 Å². The third kappa shape index (κ3) is 3.72. The van der Waals surface area contributed by atoms with E-state index in [-0.39, 0.29) is 5.91 Å². The molecule has 2 nitrogen and oxygen atoms in total. The molecule has 0 N–H and O–H groups in total. The Bertz CT molecular complexity index is 582. The van der Waals surface area contributed by atoms with Gasteiger partial charge in [-0.25, -0.2) is 0 Å². The summed E-state index contributed by atoms with van der Waals surface area (Å²) in [6.07, 6.45) is 0. The number of carbonyl (C=O) groups excluding carboxylic acids is 1. The van der Waals surface area contributed by atoms with Crippen molar-refractivity contribution in [1.82, 2.24) is 4.90 Å². The molecule has 100 valence electrons. The number of amides is 1. The van der Waals surface area contributed by atoms with E-state index in [0.717, 1.165) is 14.8 Å². The smallest absolute Gasteiger partial charge is 0.253 e. The van der Waals surface area contributed by atoms with Crippen LogP contribution in [0.15, 0.2) is 36.4 Å². The molecule has 0 saturated heterocycles. The molecule has 0 radical (unpaired) electrons. The average molecular weight is 314 g/mol. The van der Waals surface area contributed by atoms with Gasteiger partial charge in [0.25, 0.3) is 5.91 Å². The van der Waals surface area contributed by atoms with E-state index in [9.17, 15) is 4.79 Å². The third-order valence-electron chi connectivity index (χ3n) is 2.70. The highest BCUT2D eigenvalue weighted by molar-refractivity contribution is 7.16. The molecule has 1 amide bonds. The highest BCUT2D eigenvalue weighted by atomic mass is 35.5. The SMILES string of the molecule is CN(Cc1ccc(Cl)s1)C(=O)c1cccc(CCl)c1. The van der Waals surface area contributed by atoms with Gasteiger partial charge in [0.05, 0.1) is 10.9 Å². The first-order valence-electron chi connectivity index (χ1n) is 5.74. The van der Waals surface area contributed by atoms with Gasteiger partial charge in [-0.3, -0.25) is 4.79 Å². The fourth-order valence-electron chi connectivity index (χ4n) is 1.75. The van der Waals surface area contributed by atoms with Crippen LogP contribution in [0.3, 0.4) is 0 Å². The first-order valence-corrected chi connectivity index (χ1v) is 7.47. The van der Waals surface area contributed by atoms with Crippen LogP contribution in [0.1, 0.15) is 20.8 Å². The van der Waals surface area contributed by atoms with Gasteiger partial charge in [-0.1, -0.05) is 23.7 Å². The number of alkyl halides is 1. The maximum atomic E-state index is 12.3. The number of benzene rings is 1. The number of rotatable bonds is 4. The van der Waals surface area contributed by atoms with Crippen LogP contribution in [0, 0.1) is 0 Å². The molecule has 0 spiro atoms. The van der Waals surface area contributed by atoms with E-state index in [0.29, 0.717) is 18.0 Å². The minimum atomic E-state index is -0.0171. The van der Waals surface area contributed by atoms with Crippen LogP contribution < -0.4 is 0 Å². The largest absolute Gasteiger partial charge is 0.337 e. The van der Waals surface area contributed by atoms with Gasteiger partial charge in [-0.2, -0.15) is 0 Å². The van der Waals surface area contributed by atoms with E-state index in [2.05, 4.69) is 0 Å². The molecular weight excluding hydrogens is 301 g/mol. The predicted octanol–water partition coefficient (Wildman–Crippen LogP) is 4.41. The van der Waals surface area contributed by atoms with Crippen molar-refractivity contribution in [2.24, 2.45) is 0 Å². The average Bonchev–Trinajstić information content (AvgIpc) is 2.83. The molecule has 0 aliphatic rings. The zero-order valence-corrected chi connectivity index (χ0v) is 12.7. The molecule has 0 unspecified atom stereocenters. The molecule has 2 rings (SSSR count). The van der Waals surface area contributed by atoms with Crippen LogP contribution in [0.2, 0.25) is 4.34 Å². The Morgan fingerprint density at radius 2 is 2.11 bits per heavy atom. The van der Waals surface area contributed by atoms with E-state index >= 15 is 0 Å². The quantitative estimate of drug-likeness (QED) is 0.765. The van der Waals surface area contributed by atoms with E-state index < -0.39 is 0 Å². The number of nitrogens with zero attached hydrogens (tertiary/aromatic N) is 1. The zero-order valence-electron chi connectivity index (χ0n) is 10.4. The summed E-state index contributed by atoms with van der Waals surface area (Å²) in [5.74, 6) is 0.391. The third-order valence-corrected chi connectivity index (χ3v) is 4.22. The molecule has 2 aromatic rings. The van der Waals surface area contributed by atoms with Crippen molar-refractivity contribution in [3.63, 3.8) is 0 Å². The molecule has 5 heteroatoms. The second-order valence-electron chi connectivity index (χ2n) is 4.20. The highest BCUT2D eigenvalue weighted by Crippen LogP contribution is 2.23. The van der Waals surface area contributed by atoms with Crippen molar-refractivity contribution in [3.8, 4) is 0 Å². The number of hydrogen-bond acceptors (Lipinski definition) is 2. The molecule has 0 aliphatic carbocycles. The Morgan fingerprint density at radius 3 is 2.74 bits per heavy atom. The molecule has 1 aromatic heterocycles. The highest BCUT2D eigenvalue weighted by Gasteiger charge is 2.13. The molecule has 0 aliphatic heterocycles. The molecule has 1 aromatic carbocycles. The Labute approximate surface area is 126 Å². The summed E-state index contributed by atoms with van der Waals surface area (Å²) in [6, 6.07) is 11.2. The lowest BCUT2D eigenvalue weighted by Crippen LogP contribution is -2.25. The van der Waals surface area contributed by atoms with Crippen LogP contribution in [0.25, 0.3) is 0 Å². The number of carbonyl (C=O) groups is 1. The lowest BCUT2D eigenvalue weighted by molar-refractivity contribution is 0.0786. The molecule has 0 saturated carbocycles. The van der Waals surface area contributed by atoms with Gasteiger partial charge in [0.1, 0.15) is 0 Å². The zero-order chi connectivity index (χ0) is 13.8. The lowest BCUT2D eigenvalue weighted by atomic mass is 10.1. The first kappa shape index (κ1) is 14.4.